The van der Waals surface area contributed by atoms with Gasteiger partial charge in [0.1, 0.15) is 0 Å². The summed E-state index contributed by atoms with van der Waals surface area (Å²) in [5, 5.41) is 3.16. The van der Waals surface area contributed by atoms with E-state index in [9.17, 15) is 4.39 Å². The van der Waals surface area contributed by atoms with Crippen molar-refractivity contribution in [2.45, 2.75) is 25.3 Å². The number of nitrogens with zero attached hydrogens (tertiary/aromatic N) is 2. The van der Waals surface area contributed by atoms with Gasteiger partial charge in [-0.25, -0.2) is 15.2 Å². The topological polar surface area (TPSA) is 75.9 Å². The predicted octanol–water partition coefficient (Wildman–Crippen LogP) is 2.39. The molecule has 104 valence electrons. The largest absolute Gasteiger partial charge is 0.361 e. The van der Waals surface area contributed by atoms with Crippen molar-refractivity contribution < 1.29 is 4.39 Å². The Labute approximate surface area is 116 Å². The first-order valence-electron chi connectivity index (χ1n) is 6.61. The Hall–Kier alpha value is -2.21. The van der Waals surface area contributed by atoms with Crippen LogP contribution in [0.15, 0.2) is 30.5 Å². The number of nitrogens with one attached hydrogen (secondary N) is 2. The number of anilines is 2. The Morgan fingerprint density at radius 3 is 3.00 bits per heavy atom. The molecule has 4 N–H and O–H groups in total. The van der Waals surface area contributed by atoms with Gasteiger partial charge in [-0.3, -0.25) is 5.43 Å². The molecule has 1 aliphatic rings. The lowest BCUT2D eigenvalue weighted by Gasteiger charge is -2.26. The van der Waals surface area contributed by atoms with Crippen LogP contribution in [0.25, 0.3) is 0 Å². The van der Waals surface area contributed by atoms with Crippen LogP contribution in [0.2, 0.25) is 0 Å². The second-order valence-electron chi connectivity index (χ2n) is 4.82. The van der Waals surface area contributed by atoms with E-state index < -0.39 is 5.82 Å². The van der Waals surface area contributed by atoms with E-state index in [0.29, 0.717) is 0 Å². The van der Waals surface area contributed by atoms with E-state index in [0.717, 1.165) is 25.5 Å². The van der Waals surface area contributed by atoms with Crippen LogP contribution in [0.3, 0.4) is 0 Å². The van der Waals surface area contributed by atoms with Crippen LogP contribution in [-0.2, 0) is 6.42 Å². The lowest BCUT2D eigenvalue weighted by atomic mass is 9.88. The summed E-state index contributed by atoms with van der Waals surface area (Å²) >= 11 is 0. The molecule has 0 saturated heterocycles. The van der Waals surface area contributed by atoms with Gasteiger partial charge in [0.25, 0.3) is 0 Å². The monoisotopic (exact) mass is 273 g/mol. The van der Waals surface area contributed by atoms with E-state index >= 15 is 0 Å². The second kappa shape index (κ2) is 5.42. The number of aryl methyl sites for hydroxylation is 1. The zero-order valence-electron chi connectivity index (χ0n) is 10.9. The van der Waals surface area contributed by atoms with E-state index in [4.69, 9.17) is 5.84 Å². The molecule has 0 bridgehead atoms. The Kier molecular flexibility index (Phi) is 3.47. The summed E-state index contributed by atoms with van der Waals surface area (Å²) in [6, 6.07) is 8.29. The first-order valence-corrected chi connectivity index (χ1v) is 6.61. The summed E-state index contributed by atoms with van der Waals surface area (Å²) < 4.78 is 13.8. The van der Waals surface area contributed by atoms with Crippen molar-refractivity contribution in [2.75, 3.05) is 10.7 Å². The van der Waals surface area contributed by atoms with E-state index in [2.05, 4.69) is 32.8 Å². The number of benzene rings is 1. The van der Waals surface area contributed by atoms with Crippen LogP contribution < -0.4 is 16.6 Å². The van der Waals surface area contributed by atoms with Crippen LogP contribution in [0, 0.1) is 5.82 Å². The fourth-order valence-corrected chi connectivity index (χ4v) is 2.61. The third kappa shape index (κ3) is 2.42. The van der Waals surface area contributed by atoms with Crippen molar-refractivity contribution >= 4 is 11.8 Å². The lowest BCUT2D eigenvalue weighted by molar-refractivity contribution is 0.579. The predicted molar refractivity (Wildman–Crippen MR) is 75.5 cm³/mol. The number of rotatable bonds is 3. The van der Waals surface area contributed by atoms with Crippen LogP contribution in [0.4, 0.5) is 16.2 Å². The molecule has 0 spiro atoms. The molecule has 6 heteroatoms. The number of hydrogen-bond acceptors (Lipinski definition) is 5. The minimum absolute atomic E-state index is 0.0648. The van der Waals surface area contributed by atoms with Gasteiger partial charge in [-0.05, 0) is 30.4 Å². The van der Waals surface area contributed by atoms with Crippen molar-refractivity contribution in [3.63, 3.8) is 0 Å². The maximum atomic E-state index is 13.8. The van der Waals surface area contributed by atoms with Gasteiger partial charge in [0.15, 0.2) is 11.6 Å². The lowest BCUT2D eigenvalue weighted by Crippen LogP contribution is -2.19. The number of aromatic nitrogens is 2. The summed E-state index contributed by atoms with van der Waals surface area (Å²) in [5.74, 6) is 5.14. The number of halogens is 1. The standard InChI is InChI=1S/C14H16FN5/c15-11-8-17-14(20-16)19-13(11)18-12-7-3-5-9-4-1-2-6-10(9)12/h1-2,4,6,8,12H,3,5,7,16H2,(H2,17,18,19,20). The maximum Gasteiger partial charge on any atom is 0.239 e. The van der Waals surface area contributed by atoms with Gasteiger partial charge >= 0.3 is 0 Å². The molecule has 2 aromatic rings. The summed E-state index contributed by atoms with van der Waals surface area (Å²) in [6.07, 6.45) is 4.20. The molecule has 3 rings (SSSR count). The SMILES string of the molecule is NNc1ncc(F)c(NC2CCCc3ccccc32)n1. The normalized spacial score (nSPS) is 17.4. The van der Waals surface area contributed by atoms with Gasteiger partial charge in [0, 0.05) is 0 Å². The molecule has 5 nitrogen and oxygen atoms in total. The highest BCUT2D eigenvalue weighted by atomic mass is 19.1. The molecule has 20 heavy (non-hydrogen) atoms. The first-order chi connectivity index (χ1) is 9.78. The van der Waals surface area contributed by atoms with Gasteiger partial charge in [-0.2, -0.15) is 4.98 Å². The number of nitrogen functional groups attached to an aromatic ring is 1. The Morgan fingerprint density at radius 2 is 2.15 bits per heavy atom. The van der Waals surface area contributed by atoms with Crippen molar-refractivity contribution in [3.05, 3.63) is 47.4 Å². The van der Waals surface area contributed by atoms with Crippen molar-refractivity contribution in [3.8, 4) is 0 Å². The highest BCUT2D eigenvalue weighted by Crippen LogP contribution is 2.32. The number of fused-ring (bicyclic) bond motifs is 1. The maximum absolute atomic E-state index is 13.8. The Balaban J connectivity index is 1.89. The second-order valence-corrected chi connectivity index (χ2v) is 4.82. The summed E-state index contributed by atoms with van der Waals surface area (Å²) in [7, 11) is 0. The molecule has 1 aromatic carbocycles. The molecule has 0 aliphatic heterocycles. The Bertz CT molecular complexity index is 616. The number of hydrogen-bond donors (Lipinski definition) is 3. The zero-order valence-corrected chi connectivity index (χ0v) is 10.9. The molecule has 0 radical (unpaired) electrons. The first kappa shape index (κ1) is 12.8. The molecule has 1 unspecified atom stereocenters. The van der Waals surface area contributed by atoms with E-state index in [1.54, 1.807) is 0 Å². The van der Waals surface area contributed by atoms with E-state index in [1.807, 2.05) is 12.1 Å². The number of hydrazine groups is 1. The molecule has 1 aliphatic carbocycles. The third-order valence-electron chi connectivity index (χ3n) is 3.55. The molecule has 0 saturated carbocycles. The number of nitrogens with two attached hydrogens (primary N) is 1. The van der Waals surface area contributed by atoms with Crippen molar-refractivity contribution in [1.82, 2.24) is 9.97 Å². The van der Waals surface area contributed by atoms with Crippen molar-refractivity contribution in [1.29, 1.82) is 0 Å². The smallest absolute Gasteiger partial charge is 0.239 e. The minimum Gasteiger partial charge on any atom is -0.361 e. The zero-order chi connectivity index (χ0) is 13.9. The summed E-state index contributed by atoms with van der Waals surface area (Å²) in [6.45, 7) is 0. The summed E-state index contributed by atoms with van der Waals surface area (Å²) in [4.78, 5) is 7.76. The Morgan fingerprint density at radius 1 is 1.30 bits per heavy atom. The van der Waals surface area contributed by atoms with Crippen molar-refractivity contribution in [2.24, 2.45) is 5.84 Å². The highest BCUT2D eigenvalue weighted by Gasteiger charge is 2.21. The van der Waals surface area contributed by atoms with Gasteiger partial charge in [0.2, 0.25) is 5.95 Å². The molecular weight excluding hydrogens is 257 g/mol. The fourth-order valence-electron chi connectivity index (χ4n) is 2.61. The molecule has 0 fully saturated rings. The van der Waals surface area contributed by atoms with Gasteiger partial charge < -0.3 is 5.32 Å². The molecule has 1 atom stereocenters. The summed E-state index contributed by atoms with van der Waals surface area (Å²) in [5.41, 5.74) is 4.84. The van der Waals surface area contributed by atoms with E-state index in [-0.39, 0.29) is 17.8 Å². The van der Waals surface area contributed by atoms with Gasteiger partial charge in [-0.15, -0.1) is 0 Å². The minimum atomic E-state index is -0.480. The van der Waals surface area contributed by atoms with Crippen LogP contribution in [0.1, 0.15) is 30.0 Å². The van der Waals surface area contributed by atoms with Crippen LogP contribution in [0.5, 0.6) is 0 Å². The van der Waals surface area contributed by atoms with Crippen LogP contribution >= 0.6 is 0 Å². The average molecular weight is 273 g/mol. The third-order valence-corrected chi connectivity index (χ3v) is 3.55. The van der Waals surface area contributed by atoms with Gasteiger partial charge in [-0.1, -0.05) is 24.3 Å². The fraction of sp³-hybridized carbons (Fsp3) is 0.286. The molecular formula is C14H16FN5. The quantitative estimate of drug-likeness (QED) is 0.591. The molecule has 0 amide bonds. The average Bonchev–Trinajstić information content (AvgIpc) is 2.50. The van der Waals surface area contributed by atoms with Gasteiger partial charge in [0.05, 0.1) is 12.2 Å². The molecule has 1 heterocycles. The van der Waals surface area contributed by atoms with E-state index in [1.165, 1.54) is 11.1 Å². The molecule has 1 aromatic heterocycles. The van der Waals surface area contributed by atoms with Crippen LogP contribution in [-0.4, -0.2) is 9.97 Å². The highest BCUT2D eigenvalue weighted by molar-refractivity contribution is 5.45.